The number of hydrogen-bond acceptors (Lipinski definition) is 5. The normalized spacial score (nSPS) is 16.4. The third-order valence-corrected chi connectivity index (χ3v) is 6.32. The average Bonchev–Trinajstić information content (AvgIpc) is 3.30. The summed E-state index contributed by atoms with van der Waals surface area (Å²) in [6.07, 6.45) is -0.463. The van der Waals surface area contributed by atoms with Crippen molar-refractivity contribution >= 4 is 23.6 Å². The minimum absolute atomic E-state index is 0.190. The number of amides is 4. The van der Waals surface area contributed by atoms with Gasteiger partial charge in [-0.15, -0.1) is 0 Å². The minimum Gasteiger partial charge on any atom is -0.497 e. The van der Waals surface area contributed by atoms with Gasteiger partial charge in [0.2, 0.25) is 0 Å². The number of nitrogens with one attached hydrogen (secondary N) is 1. The quantitative estimate of drug-likeness (QED) is 0.497. The van der Waals surface area contributed by atoms with Gasteiger partial charge in [0.05, 0.1) is 12.7 Å². The van der Waals surface area contributed by atoms with Gasteiger partial charge in [-0.1, -0.05) is 54.6 Å². The van der Waals surface area contributed by atoms with Gasteiger partial charge in [0.25, 0.3) is 12.0 Å². The maximum atomic E-state index is 13.6. The minimum atomic E-state index is -0.967. The topological polar surface area (TPSA) is 87.9 Å². The SMILES string of the molecule is COc1ccc(CNC(=O)C[N+]2=C3c4ccccc4OC3C(=O)N(CCc3ccccc3)C2=O)cc1. The Morgan fingerprint density at radius 2 is 1.69 bits per heavy atom. The first-order valence-corrected chi connectivity index (χ1v) is 11.7. The molecule has 3 aromatic carbocycles. The van der Waals surface area contributed by atoms with Crippen molar-refractivity contribution in [2.24, 2.45) is 0 Å². The summed E-state index contributed by atoms with van der Waals surface area (Å²) in [6.45, 7) is 0.260. The number of para-hydroxylation sites is 1. The molecule has 0 radical (unpaired) electrons. The Labute approximate surface area is 208 Å². The molecule has 0 aromatic heterocycles. The Balaban J connectivity index is 1.38. The van der Waals surface area contributed by atoms with Crippen LogP contribution in [0.5, 0.6) is 11.5 Å². The van der Waals surface area contributed by atoms with E-state index in [9.17, 15) is 14.4 Å². The van der Waals surface area contributed by atoms with Gasteiger partial charge in [-0.3, -0.25) is 4.79 Å². The van der Waals surface area contributed by atoms with Crippen LogP contribution in [0.2, 0.25) is 0 Å². The van der Waals surface area contributed by atoms with E-state index in [2.05, 4.69) is 5.32 Å². The number of rotatable bonds is 8. The molecule has 0 fully saturated rings. The van der Waals surface area contributed by atoms with Crippen LogP contribution in [-0.4, -0.2) is 59.3 Å². The highest BCUT2D eigenvalue weighted by Crippen LogP contribution is 2.32. The third kappa shape index (κ3) is 4.57. The van der Waals surface area contributed by atoms with E-state index >= 15 is 0 Å². The van der Waals surface area contributed by atoms with Gasteiger partial charge in [0, 0.05) is 13.0 Å². The van der Waals surface area contributed by atoms with Gasteiger partial charge in [-0.05, 0) is 35.4 Å². The van der Waals surface area contributed by atoms with E-state index in [1.165, 1.54) is 9.48 Å². The van der Waals surface area contributed by atoms with E-state index in [-0.39, 0.29) is 19.0 Å². The van der Waals surface area contributed by atoms with Crippen LogP contribution in [0.3, 0.4) is 0 Å². The molecule has 1 N–H and O–H groups in total. The standard InChI is InChI=1S/C28H25N3O5/c1-35-21-13-11-20(12-14-21)17-29-24(32)18-31-25-22-9-5-6-10-23(22)36-26(25)27(33)30(28(31)34)16-15-19-7-3-2-4-8-19/h2-14,26H,15-18H2,1H3/p+1. The van der Waals surface area contributed by atoms with Crippen molar-refractivity contribution in [1.29, 1.82) is 0 Å². The molecule has 0 saturated heterocycles. The number of imide groups is 1. The smallest absolute Gasteiger partial charge is 0.497 e. The molecule has 1 atom stereocenters. The van der Waals surface area contributed by atoms with E-state index in [0.29, 0.717) is 30.0 Å². The first-order valence-electron chi connectivity index (χ1n) is 11.7. The number of methoxy groups -OCH3 is 1. The number of carbonyl (C=O) groups excluding carboxylic acids is 3. The summed E-state index contributed by atoms with van der Waals surface area (Å²) < 4.78 is 12.5. The monoisotopic (exact) mass is 484 g/mol. The fourth-order valence-electron chi connectivity index (χ4n) is 4.43. The predicted molar refractivity (Wildman–Crippen MR) is 132 cm³/mol. The first-order chi connectivity index (χ1) is 17.5. The van der Waals surface area contributed by atoms with Gasteiger partial charge in [0.1, 0.15) is 18.0 Å². The Morgan fingerprint density at radius 1 is 0.972 bits per heavy atom. The molecule has 8 heteroatoms. The Morgan fingerprint density at radius 3 is 2.44 bits per heavy atom. The lowest BCUT2D eigenvalue weighted by Crippen LogP contribution is -2.59. The molecule has 1 unspecified atom stereocenters. The van der Waals surface area contributed by atoms with Gasteiger partial charge < -0.3 is 14.8 Å². The highest BCUT2D eigenvalue weighted by atomic mass is 16.5. The maximum Gasteiger partial charge on any atom is 0.501 e. The molecule has 8 nitrogen and oxygen atoms in total. The summed E-state index contributed by atoms with van der Waals surface area (Å²) in [6, 6.07) is 23.7. The third-order valence-electron chi connectivity index (χ3n) is 6.32. The van der Waals surface area contributed by atoms with Crippen molar-refractivity contribution in [2.45, 2.75) is 19.1 Å². The Hall–Kier alpha value is -4.46. The van der Waals surface area contributed by atoms with Crippen LogP contribution in [0.15, 0.2) is 78.9 Å². The Kier molecular flexibility index (Phi) is 6.49. The fourth-order valence-corrected chi connectivity index (χ4v) is 4.43. The van der Waals surface area contributed by atoms with Crippen molar-refractivity contribution in [2.75, 3.05) is 20.2 Å². The summed E-state index contributed by atoms with van der Waals surface area (Å²) in [5.74, 6) is 0.489. The van der Waals surface area contributed by atoms with Crippen molar-refractivity contribution in [3.05, 3.63) is 95.6 Å². The van der Waals surface area contributed by atoms with Crippen LogP contribution in [-0.2, 0) is 22.6 Å². The van der Waals surface area contributed by atoms with E-state index in [1.807, 2.05) is 66.7 Å². The maximum absolute atomic E-state index is 13.6. The molecule has 5 rings (SSSR count). The molecular formula is C28H26N3O5+. The van der Waals surface area contributed by atoms with Crippen molar-refractivity contribution < 1.29 is 28.4 Å². The first kappa shape index (κ1) is 23.3. The molecule has 2 aliphatic rings. The number of nitrogens with zero attached hydrogens (tertiary/aromatic N) is 2. The number of carbonyl (C=O) groups is 3. The van der Waals surface area contributed by atoms with Crippen molar-refractivity contribution in [1.82, 2.24) is 10.2 Å². The fraction of sp³-hybridized carbons (Fsp3) is 0.214. The lowest BCUT2D eigenvalue weighted by atomic mass is 10.0. The summed E-state index contributed by atoms with van der Waals surface area (Å²) >= 11 is 0. The number of ether oxygens (including phenoxy) is 2. The van der Waals surface area contributed by atoms with Crippen LogP contribution in [0.1, 0.15) is 16.7 Å². The highest BCUT2D eigenvalue weighted by molar-refractivity contribution is 6.22. The van der Waals surface area contributed by atoms with Crippen LogP contribution in [0.25, 0.3) is 0 Å². The summed E-state index contributed by atoms with van der Waals surface area (Å²) in [4.78, 5) is 41.0. The molecule has 0 aliphatic carbocycles. The second kappa shape index (κ2) is 10.0. The number of urea groups is 1. The second-order valence-electron chi connectivity index (χ2n) is 8.60. The molecule has 2 aliphatic heterocycles. The van der Waals surface area contributed by atoms with Gasteiger partial charge >= 0.3 is 11.9 Å². The van der Waals surface area contributed by atoms with Crippen molar-refractivity contribution in [3.63, 3.8) is 0 Å². The molecule has 0 saturated carbocycles. The van der Waals surface area contributed by atoms with Crippen molar-refractivity contribution in [3.8, 4) is 11.5 Å². The molecule has 2 heterocycles. The molecule has 0 spiro atoms. The number of benzene rings is 3. The van der Waals surface area contributed by atoms with Crippen LogP contribution >= 0.6 is 0 Å². The lowest BCUT2D eigenvalue weighted by Gasteiger charge is -2.24. The molecule has 4 amide bonds. The lowest BCUT2D eigenvalue weighted by molar-refractivity contribution is -0.429. The predicted octanol–water partition coefficient (Wildman–Crippen LogP) is 2.78. The summed E-state index contributed by atoms with van der Waals surface area (Å²) in [7, 11) is 1.59. The summed E-state index contributed by atoms with van der Waals surface area (Å²) in [5.41, 5.74) is 2.96. The highest BCUT2D eigenvalue weighted by Gasteiger charge is 2.53. The molecule has 3 aromatic rings. The number of fused-ring (bicyclic) bond motifs is 3. The van der Waals surface area contributed by atoms with Gasteiger partial charge in [-0.2, -0.15) is 14.3 Å². The largest absolute Gasteiger partial charge is 0.501 e. The second-order valence-corrected chi connectivity index (χ2v) is 8.60. The zero-order valence-corrected chi connectivity index (χ0v) is 19.8. The van der Waals surface area contributed by atoms with Crippen LogP contribution < -0.4 is 14.8 Å². The number of hydrogen-bond donors (Lipinski definition) is 1. The molecular weight excluding hydrogens is 458 g/mol. The summed E-state index contributed by atoms with van der Waals surface area (Å²) in [5, 5.41) is 2.86. The Bertz CT molecular complexity index is 1330. The van der Waals surface area contributed by atoms with E-state index < -0.39 is 18.0 Å². The van der Waals surface area contributed by atoms with E-state index in [4.69, 9.17) is 9.47 Å². The van der Waals surface area contributed by atoms with Gasteiger partial charge in [0.15, 0.2) is 12.3 Å². The zero-order chi connectivity index (χ0) is 25.1. The average molecular weight is 485 g/mol. The molecule has 36 heavy (non-hydrogen) atoms. The van der Waals surface area contributed by atoms with Crippen LogP contribution in [0, 0.1) is 0 Å². The van der Waals surface area contributed by atoms with E-state index in [0.717, 1.165) is 16.9 Å². The zero-order valence-electron chi connectivity index (χ0n) is 19.8. The van der Waals surface area contributed by atoms with E-state index in [1.54, 1.807) is 19.2 Å². The van der Waals surface area contributed by atoms with Crippen LogP contribution in [0.4, 0.5) is 4.79 Å². The van der Waals surface area contributed by atoms with Gasteiger partial charge in [-0.25, -0.2) is 4.79 Å². The molecule has 182 valence electrons. The molecule has 0 bridgehead atoms.